The molecular formula is C14H17BrN2O2. The van der Waals surface area contributed by atoms with Gasteiger partial charge in [-0.25, -0.2) is 0 Å². The van der Waals surface area contributed by atoms with E-state index in [2.05, 4.69) is 15.9 Å². The van der Waals surface area contributed by atoms with Crippen molar-refractivity contribution in [1.82, 2.24) is 4.90 Å². The molecule has 3 N–H and O–H groups in total. The fourth-order valence-electron chi connectivity index (χ4n) is 3.32. The number of carbonyl (C=O) groups is 1. The largest absolute Gasteiger partial charge is 0.507 e. The van der Waals surface area contributed by atoms with Crippen molar-refractivity contribution in [2.24, 2.45) is 17.6 Å². The number of nitrogens with two attached hydrogens (primary N) is 1. The molecule has 3 rings (SSSR count). The van der Waals surface area contributed by atoms with Gasteiger partial charge in [0.05, 0.1) is 5.56 Å². The fourth-order valence-corrected chi connectivity index (χ4v) is 3.68. The summed E-state index contributed by atoms with van der Waals surface area (Å²) in [5.41, 5.74) is 6.44. The second kappa shape index (κ2) is 4.80. The van der Waals surface area contributed by atoms with Gasteiger partial charge < -0.3 is 15.7 Å². The molecule has 1 aliphatic carbocycles. The lowest BCUT2D eigenvalue weighted by Crippen LogP contribution is -2.33. The van der Waals surface area contributed by atoms with Crippen LogP contribution in [0.1, 0.15) is 23.2 Å². The Morgan fingerprint density at radius 3 is 2.89 bits per heavy atom. The molecule has 1 saturated carbocycles. The molecule has 1 amide bonds. The topological polar surface area (TPSA) is 66.6 Å². The van der Waals surface area contributed by atoms with Gasteiger partial charge in [-0.2, -0.15) is 0 Å². The van der Waals surface area contributed by atoms with E-state index in [1.165, 1.54) is 0 Å². The molecular weight excluding hydrogens is 308 g/mol. The number of hydrogen-bond acceptors (Lipinski definition) is 3. The number of hydrogen-bond donors (Lipinski definition) is 2. The van der Waals surface area contributed by atoms with Crippen LogP contribution in [0, 0.1) is 11.8 Å². The van der Waals surface area contributed by atoms with E-state index < -0.39 is 0 Å². The molecule has 3 atom stereocenters. The van der Waals surface area contributed by atoms with Crippen molar-refractivity contribution in [3.63, 3.8) is 0 Å². The number of nitrogens with zero attached hydrogens (tertiary/aromatic N) is 1. The number of phenolic OH excluding ortho intramolecular Hbond substituents is 1. The molecule has 0 aromatic heterocycles. The van der Waals surface area contributed by atoms with Gasteiger partial charge in [-0.15, -0.1) is 0 Å². The van der Waals surface area contributed by atoms with Crippen LogP contribution in [0.2, 0.25) is 0 Å². The van der Waals surface area contributed by atoms with Crippen molar-refractivity contribution in [2.75, 3.05) is 13.1 Å². The van der Waals surface area contributed by atoms with Crippen molar-refractivity contribution in [1.29, 1.82) is 0 Å². The molecule has 0 radical (unpaired) electrons. The second-order valence-corrected chi connectivity index (χ2v) is 6.45. The Hall–Kier alpha value is -1.07. The van der Waals surface area contributed by atoms with Gasteiger partial charge >= 0.3 is 0 Å². The standard InChI is InChI=1S/C14H17BrN2O2/c15-9-2-4-13(18)10(5-9)14(19)17-6-8-1-3-12(16)11(8)7-17/h2,4-5,8,11-12,18H,1,3,6-7,16H2. The first-order valence-electron chi connectivity index (χ1n) is 6.59. The monoisotopic (exact) mass is 324 g/mol. The summed E-state index contributed by atoms with van der Waals surface area (Å²) in [6.07, 6.45) is 2.18. The van der Waals surface area contributed by atoms with Crippen LogP contribution in [0.15, 0.2) is 22.7 Å². The predicted octanol–water partition coefficient (Wildman–Crippen LogP) is 1.96. The maximum absolute atomic E-state index is 12.5. The van der Waals surface area contributed by atoms with Crippen molar-refractivity contribution >= 4 is 21.8 Å². The first-order chi connectivity index (χ1) is 9.06. The highest BCUT2D eigenvalue weighted by Crippen LogP contribution is 2.38. The minimum absolute atomic E-state index is 0.0366. The summed E-state index contributed by atoms with van der Waals surface area (Å²) >= 11 is 3.33. The number of likely N-dealkylation sites (tertiary alicyclic amines) is 1. The van der Waals surface area contributed by atoms with Gasteiger partial charge in [0.2, 0.25) is 0 Å². The molecule has 1 heterocycles. The van der Waals surface area contributed by atoms with Crippen molar-refractivity contribution < 1.29 is 9.90 Å². The second-order valence-electron chi connectivity index (χ2n) is 5.54. The highest BCUT2D eigenvalue weighted by molar-refractivity contribution is 9.10. The Labute approximate surface area is 120 Å². The molecule has 1 aliphatic heterocycles. The number of halogens is 1. The van der Waals surface area contributed by atoms with E-state index in [1.807, 2.05) is 4.90 Å². The highest BCUT2D eigenvalue weighted by atomic mass is 79.9. The molecule has 0 spiro atoms. The first-order valence-corrected chi connectivity index (χ1v) is 7.39. The van der Waals surface area contributed by atoms with E-state index in [0.29, 0.717) is 17.4 Å². The van der Waals surface area contributed by atoms with Crippen molar-refractivity contribution in [3.05, 3.63) is 28.2 Å². The van der Waals surface area contributed by atoms with Crippen LogP contribution in [0.3, 0.4) is 0 Å². The number of aromatic hydroxyl groups is 1. The summed E-state index contributed by atoms with van der Waals surface area (Å²) in [5, 5.41) is 9.83. The number of fused-ring (bicyclic) bond motifs is 1. The van der Waals surface area contributed by atoms with Gasteiger partial charge in [0, 0.05) is 23.6 Å². The zero-order valence-corrected chi connectivity index (χ0v) is 12.1. The maximum Gasteiger partial charge on any atom is 0.257 e. The van der Waals surface area contributed by atoms with Crippen LogP contribution in [0.5, 0.6) is 5.75 Å². The molecule has 3 unspecified atom stereocenters. The Morgan fingerprint density at radius 2 is 2.16 bits per heavy atom. The van der Waals surface area contributed by atoms with E-state index in [0.717, 1.165) is 30.4 Å². The van der Waals surface area contributed by atoms with Gasteiger partial charge in [-0.3, -0.25) is 4.79 Å². The third kappa shape index (κ3) is 2.25. The van der Waals surface area contributed by atoms with E-state index >= 15 is 0 Å². The molecule has 4 nitrogen and oxygen atoms in total. The van der Waals surface area contributed by atoms with E-state index in [4.69, 9.17) is 5.73 Å². The smallest absolute Gasteiger partial charge is 0.257 e. The summed E-state index contributed by atoms with van der Waals surface area (Å²) in [7, 11) is 0. The highest BCUT2D eigenvalue weighted by Gasteiger charge is 2.42. The Kier molecular flexibility index (Phi) is 3.27. The summed E-state index contributed by atoms with van der Waals surface area (Å²) < 4.78 is 0.796. The molecule has 1 aromatic rings. The zero-order chi connectivity index (χ0) is 13.6. The number of benzene rings is 1. The van der Waals surface area contributed by atoms with E-state index in [1.54, 1.807) is 18.2 Å². The minimum Gasteiger partial charge on any atom is -0.507 e. The Balaban J connectivity index is 1.80. The molecule has 1 aromatic carbocycles. The lowest BCUT2D eigenvalue weighted by atomic mass is 9.98. The summed E-state index contributed by atoms with van der Waals surface area (Å²) in [6, 6.07) is 5.16. The summed E-state index contributed by atoms with van der Waals surface area (Å²) in [5.74, 6) is 0.904. The van der Waals surface area contributed by atoms with E-state index in [-0.39, 0.29) is 17.7 Å². The summed E-state index contributed by atoms with van der Waals surface area (Å²) in [4.78, 5) is 14.3. The van der Waals surface area contributed by atoms with Gasteiger partial charge in [-0.1, -0.05) is 15.9 Å². The number of rotatable bonds is 1. The zero-order valence-electron chi connectivity index (χ0n) is 10.6. The predicted molar refractivity (Wildman–Crippen MR) is 75.9 cm³/mol. The van der Waals surface area contributed by atoms with Crippen molar-refractivity contribution in [3.8, 4) is 5.75 Å². The molecule has 102 valence electrons. The fraction of sp³-hybridized carbons (Fsp3) is 0.500. The maximum atomic E-state index is 12.5. The van der Waals surface area contributed by atoms with Crippen LogP contribution >= 0.6 is 15.9 Å². The number of carbonyl (C=O) groups excluding carboxylic acids is 1. The Bertz CT molecular complexity index is 520. The molecule has 0 bridgehead atoms. The average Bonchev–Trinajstić information content (AvgIpc) is 2.94. The van der Waals surface area contributed by atoms with Gasteiger partial charge in [0.1, 0.15) is 5.75 Å². The lowest BCUT2D eigenvalue weighted by molar-refractivity contribution is 0.0776. The van der Waals surface area contributed by atoms with Crippen LogP contribution in [0.4, 0.5) is 0 Å². The number of phenols is 1. The molecule has 2 fully saturated rings. The van der Waals surface area contributed by atoms with Gasteiger partial charge in [0.25, 0.3) is 5.91 Å². The minimum atomic E-state index is -0.0969. The number of amides is 1. The van der Waals surface area contributed by atoms with Crippen LogP contribution in [-0.2, 0) is 0 Å². The Morgan fingerprint density at radius 1 is 1.37 bits per heavy atom. The average molecular weight is 325 g/mol. The van der Waals surface area contributed by atoms with Gasteiger partial charge in [0.15, 0.2) is 0 Å². The SMILES string of the molecule is NC1CCC2CN(C(=O)c3cc(Br)ccc3O)CC12. The summed E-state index contributed by atoms with van der Waals surface area (Å²) in [6.45, 7) is 1.49. The van der Waals surface area contributed by atoms with Crippen molar-refractivity contribution in [2.45, 2.75) is 18.9 Å². The normalized spacial score (nSPS) is 29.6. The molecule has 1 saturated heterocycles. The quantitative estimate of drug-likeness (QED) is 0.829. The first kappa shape index (κ1) is 12.9. The van der Waals surface area contributed by atoms with E-state index in [9.17, 15) is 9.90 Å². The lowest BCUT2D eigenvalue weighted by Gasteiger charge is -2.19. The molecule has 2 aliphatic rings. The van der Waals surface area contributed by atoms with Gasteiger partial charge in [-0.05, 0) is 42.9 Å². The third-order valence-electron chi connectivity index (χ3n) is 4.39. The van der Waals surface area contributed by atoms with Crippen LogP contribution in [-0.4, -0.2) is 35.0 Å². The van der Waals surface area contributed by atoms with Crippen LogP contribution < -0.4 is 5.73 Å². The molecule has 19 heavy (non-hydrogen) atoms. The van der Waals surface area contributed by atoms with Crippen LogP contribution in [0.25, 0.3) is 0 Å². The molecule has 5 heteroatoms. The third-order valence-corrected chi connectivity index (χ3v) is 4.88.